The number of carbonyl (C=O) groups excluding carboxylic acids is 2. The van der Waals surface area contributed by atoms with E-state index < -0.39 is 0 Å². The lowest BCUT2D eigenvalue weighted by Crippen LogP contribution is -2.41. The van der Waals surface area contributed by atoms with Gasteiger partial charge in [-0.25, -0.2) is 9.50 Å². The van der Waals surface area contributed by atoms with Gasteiger partial charge in [-0.15, -0.1) is 0 Å². The molecule has 5 rings (SSSR count). The highest BCUT2D eigenvalue weighted by molar-refractivity contribution is 6.09. The van der Waals surface area contributed by atoms with Crippen molar-refractivity contribution in [1.29, 1.82) is 0 Å². The van der Waals surface area contributed by atoms with Crippen molar-refractivity contribution in [3.63, 3.8) is 0 Å². The summed E-state index contributed by atoms with van der Waals surface area (Å²) in [6.07, 6.45) is 7.76. The fourth-order valence-corrected chi connectivity index (χ4v) is 5.06. The van der Waals surface area contributed by atoms with Crippen LogP contribution in [0.1, 0.15) is 56.0 Å². The minimum Gasteiger partial charge on any atom is -0.487 e. The number of fused-ring (bicyclic) bond motifs is 2. The summed E-state index contributed by atoms with van der Waals surface area (Å²) in [5.41, 5.74) is 8.71. The van der Waals surface area contributed by atoms with Crippen LogP contribution in [0.3, 0.4) is 0 Å². The van der Waals surface area contributed by atoms with Gasteiger partial charge < -0.3 is 20.7 Å². The van der Waals surface area contributed by atoms with Crippen LogP contribution in [0, 0.1) is 5.41 Å². The molecule has 2 amide bonds. The molecule has 4 heterocycles. The summed E-state index contributed by atoms with van der Waals surface area (Å²) in [7, 11) is 0. The number of hydrogen-bond acceptors (Lipinski definition) is 6. The Morgan fingerprint density at radius 1 is 1.21 bits per heavy atom. The van der Waals surface area contributed by atoms with Crippen LogP contribution in [0.15, 0.2) is 36.8 Å². The summed E-state index contributed by atoms with van der Waals surface area (Å²) < 4.78 is 7.77. The molecule has 3 aromatic rings. The van der Waals surface area contributed by atoms with Gasteiger partial charge in [0.25, 0.3) is 5.91 Å². The lowest BCUT2D eigenvalue weighted by Gasteiger charge is -2.40. The summed E-state index contributed by atoms with van der Waals surface area (Å²) in [5.74, 6) is 0.323. The van der Waals surface area contributed by atoms with Gasteiger partial charge in [0.1, 0.15) is 16.9 Å². The molecule has 0 saturated carbocycles. The maximum atomic E-state index is 13.3. The third-order valence-corrected chi connectivity index (χ3v) is 6.87. The Bertz CT molecular complexity index is 1270. The fraction of sp³-hybridized carbons (Fsp3) is 0.440. The fourth-order valence-electron chi connectivity index (χ4n) is 5.06. The van der Waals surface area contributed by atoms with Crippen LogP contribution < -0.4 is 20.7 Å². The third kappa shape index (κ3) is 4.18. The first kappa shape index (κ1) is 22.2. The molecule has 34 heavy (non-hydrogen) atoms. The van der Waals surface area contributed by atoms with Crippen molar-refractivity contribution in [2.75, 3.05) is 23.3 Å². The van der Waals surface area contributed by atoms with E-state index in [1.807, 2.05) is 12.1 Å². The van der Waals surface area contributed by atoms with E-state index in [9.17, 15) is 9.59 Å². The Morgan fingerprint density at radius 2 is 1.97 bits per heavy atom. The summed E-state index contributed by atoms with van der Waals surface area (Å²) in [5, 5.41) is 7.34. The average Bonchev–Trinajstić information content (AvgIpc) is 3.32. The Balaban J connectivity index is 1.46. The number of hydrogen-bond donors (Lipinski definition) is 2. The molecule has 178 valence electrons. The molecule has 3 N–H and O–H groups in total. The number of aromatic nitrogens is 3. The van der Waals surface area contributed by atoms with Crippen molar-refractivity contribution >= 4 is 28.8 Å². The zero-order valence-corrected chi connectivity index (χ0v) is 19.8. The zero-order chi connectivity index (χ0) is 24.1. The van der Waals surface area contributed by atoms with Gasteiger partial charge in [0, 0.05) is 50.0 Å². The molecule has 0 spiro atoms. The van der Waals surface area contributed by atoms with Crippen LogP contribution in [0.2, 0.25) is 0 Å². The van der Waals surface area contributed by atoms with Gasteiger partial charge in [-0.1, -0.05) is 6.92 Å². The van der Waals surface area contributed by atoms with Crippen molar-refractivity contribution in [1.82, 2.24) is 14.6 Å². The van der Waals surface area contributed by atoms with E-state index in [1.54, 1.807) is 23.0 Å². The minimum absolute atomic E-state index is 0.107. The van der Waals surface area contributed by atoms with Crippen molar-refractivity contribution in [3.8, 4) is 5.75 Å². The molecule has 0 unspecified atom stereocenters. The largest absolute Gasteiger partial charge is 0.487 e. The van der Waals surface area contributed by atoms with Crippen LogP contribution in [0.4, 0.5) is 11.4 Å². The molecular formula is C25H30N6O3. The second-order valence-corrected chi connectivity index (χ2v) is 10.4. The number of anilines is 2. The Morgan fingerprint density at radius 3 is 2.71 bits per heavy atom. The quantitative estimate of drug-likeness (QED) is 0.602. The highest BCUT2D eigenvalue weighted by atomic mass is 16.5. The Hall–Kier alpha value is -3.62. The molecule has 0 radical (unpaired) electrons. The first-order valence-corrected chi connectivity index (χ1v) is 11.6. The third-order valence-electron chi connectivity index (χ3n) is 6.87. The van der Waals surface area contributed by atoms with E-state index in [-0.39, 0.29) is 22.8 Å². The summed E-state index contributed by atoms with van der Waals surface area (Å²) in [4.78, 5) is 31.4. The number of ether oxygens (including phenoxy) is 1. The molecule has 2 aliphatic rings. The number of amides is 2. The number of rotatable bonds is 5. The van der Waals surface area contributed by atoms with Gasteiger partial charge in [0.15, 0.2) is 5.65 Å². The summed E-state index contributed by atoms with van der Waals surface area (Å²) >= 11 is 0. The molecular weight excluding hydrogens is 432 g/mol. The van der Waals surface area contributed by atoms with Crippen LogP contribution >= 0.6 is 0 Å². The minimum atomic E-state index is -0.295. The van der Waals surface area contributed by atoms with Crippen LogP contribution in [-0.2, 0) is 11.2 Å². The van der Waals surface area contributed by atoms with Crippen molar-refractivity contribution in [2.24, 2.45) is 11.1 Å². The predicted molar refractivity (Wildman–Crippen MR) is 129 cm³/mol. The van der Waals surface area contributed by atoms with E-state index in [4.69, 9.17) is 10.5 Å². The van der Waals surface area contributed by atoms with Gasteiger partial charge in [0.2, 0.25) is 5.91 Å². The first-order valence-electron chi connectivity index (χ1n) is 11.6. The number of nitrogens with zero attached hydrogens (tertiary/aromatic N) is 4. The van der Waals surface area contributed by atoms with Crippen LogP contribution in [0.25, 0.3) is 5.65 Å². The molecule has 2 aromatic heterocycles. The predicted octanol–water partition coefficient (Wildman–Crippen LogP) is 3.18. The SMILES string of the molecule is CC1(CC(N)=O)CCN(c2cc3c(cc2NC(=O)c2cnn4cccnc24)CC(C)(C)O3)CC1. The first-order chi connectivity index (χ1) is 16.1. The van der Waals surface area contributed by atoms with Gasteiger partial charge in [-0.2, -0.15) is 5.10 Å². The van der Waals surface area contributed by atoms with E-state index in [0.29, 0.717) is 17.6 Å². The van der Waals surface area contributed by atoms with Gasteiger partial charge in [0.05, 0.1) is 17.6 Å². The van der Waals surface area contributed by atoms with E-state index in [0.717, 1.165) is 55.0 Å². The van der Waals surface area contributed by atoms with Gasteiger partial charge in [-0.3, -0.25) is 9.59 Å². The molecule has 9 heteroatoms. The lowest BCUT2D eigenvalue weighted by atomic mass is 9.77. The molecule has 1 saturated heterocycles. The molecule has 1 fully saturated rings. The van der Waals surface area contributed by atoms with E-state index in [2.05, 4.69) is 41.1 Å². The summed E-state index contributed by atoms with van der Waals surface area (Å²) in [6.45, 7) is 7.75. The highest BCUT2D eigenvalue weighted by Gasteiger charge is 2.35. The maximum Gasteiger partial charge on any atom is 0.261 e. The van der Waals surface area contributed by atoms with Gasteiger partial charge >= 0.3 is 0 Å². The smallest absolute Gasteiger partial charge is 0.261 e. The number of carbonyl (C=O) groups is 2. The second-order valence-electron chi connectivity index (χ2n) is 10.4. The number of nitrogens with one attached hydrogen (secondary N) is 1. The monoisotopic (exact) mass is 462 g/mol. The van der Waals surface area contributed by atoms with Crippen LogP contribution in [0.5, 0.6) is 5.75 Å². The van der Waals surface area contributed by atoms with E-state index >= 15 is 0 Å². The van der Waals surface area contributed by atoms with Gasteiger partial charge in [-0.05, 0) is 44.2 Å². The molecule has 1 aromatic carbocycles. The van der Waals surface area contributed by atoms with Crippen molar-refractivity contribution < 1.29 is 14.3 Å². The molecule has 0 atom stereocenters. The number of nitrogens with two attached hydrogens (primary N) is 1. The van der Waals surface area contributed by atoms with Crippen molar-refractivity contribution in [3.05, 3.63) is 47.9 Å². The zero-order valence-electron chi connectivity index (χ0n) is 19.8. The molecule has 9 nitrogen and oxygen atoms in total. The lowest BCUT2D eigenvalue weighted by molar-refractivity contribution is -0.120. The highest BCUT2D eigenvalue weighted by Crippen LogP contribution is 2.44. The maximum absolute atomic E-state index is 13.3. The van der Waals surface area contributed by atoms with Crippen LogP contribution in [-0.4, -0.2) is 45.1 Å². The molecule has 0 aliphatic carbocycles. The Labute approximate surface area is 198 Å². The standard InChI is InChI=1S/C25H30N6O3/c1-24(2)13-16-11-18(29-23(33)17-15-28-31-8-4-7-27-22(17)31)19(12-20(16)34-24)30-9-5-25(3,6-10-30)14-21(26)32/h4,7-8,11-12,15H,5-6,9-10,13-14H2,1-3H3,(H2,26,32)(H,29,33). The molecule has 0 bridgehead atoms. The second kappa shape index (κ2) is 8.00. The number of piperidine rings is 1. The number of benzene rings is 1. The van der Waals surface area contributed by atoms with E-state index in [1.165, 1.54) is 6.20 Å². The molecule has 2 aliphatic heterocycles. The normalized spacial score (nSPS) is 18.4. The number of primary amides is 1. The van der Waals surface area contributed by atoms with Crippen molar-refractivity contribution in [2.45, 2.75) is 52.1 Å². The summed E-state index contributed by atoms with van der Waals surface area (Å²) in [6, 6.07) is 5.82. The Kier molecular flexibility index (Phi) is 5.22. The average molecular weight is 463 g/mol. The topological polar surface area (TPSA) is 115 Å².